The van der Waals surface area contributed by atoms with Crippen molar-refractivity contribution < 1.29 is 19.1 Å². The Kier molecular flexibility index (Phi) is 3.12. The standard InChI is InChI=1S/C15H17NO4/c1-16-12(9-3-5-11(19-2)6-4-9)7-10-8-13(17)20-14(10)15(16)18/h3-6,10,12,14H,7-8H2,1-2H3/t10-,12+,14+/m1/s1. The van der Waals surface area contributed by atoms with Gasteiger partial charge in [-0.25, -0.2) is 0 Å². The molecule has 2 saturated heterocycles. The van der Waals surface area contributed by atoms with E-state index in [1.807, 2.05) is 24.3 Å². The first kappa shape index (κ1) is 13.0. The molecule has 0 radical (unpaired) electrons. The molecule has 3 rings (SSSR count). The normalized spacial score (nSPS) is 29.1. The number of hydrogen-bond donors (Lipinski definition) is 0. The molecule has 20 heavy (non-hydrogen) atoms. The maximum atomic E-state index is 12.3. The van der Waals surface area contributed by atoms with E-state index in [2.05, 4.69) is 0 Å². The van der Waals surface area contributed by atoms with Crippen LogP contribution in [-0.4, -0.2) is 37.0 Å². The quantitative estimate of drug-likeness (QED) is 0.768. The van der Waals surface area contributed by atoms with Gasteiger partial charge in [-0.2, -0.15) is 0 Å². The molecule has 2 fully saturated rings. The number of ether oxygens (including phenoxy) is 2. The highest BCUT2D eigenvalue weighted by Crippen LogP contribution is 2.40. The first-order chi connectivity index (χ1) is 9.60. The second-order valence-corrected chi connectivity index (χ2v) is 5.35. The lowest BCUT2D eigenvalue weighted by Crippen LogP contribution is -2.47. The van der Waals surface area contributed by atoms with Crippen LogP contribution in [0.1, 0.15) is 24.4 Å². The Morgan fingerprint density at radius 2 is 1.95 bits per heavy atom. The SMILES string of the molecule is COc1ccc([C@@H]2C[C@@H]3CC(=O)O[C@@H]3C(=O)N2C)cc1. The van der Waals surface area contributed by atoms with Gasteiger partial charge in [-0.15, -0.1) is 0 Å². The molecule has 5 nitrogen and oxygen atoms in total. The lowest BCUT2D eigenvalue weighted by atomic mass is 9.84. The third kappa shape index (κ3) is 2.03. The smallest absolute Gasteiger partial charge is 0.307 e. The van der Waals surface area contributed by atoms with Crippen molar-refractivity contribution in [3.05, 3.63) is 29.8 Å². The number of carbonyl (C=O) groups is 2. The van der Waals surface area contributed by atoms with Gasteiger partial charge in [-0.1, -0.05) is 12.1 Å². The van der Waals surface area contributed by atoms with Gasteiger partial charge in [0.1, 0.15) is 5.75 Å². The summed E-state index contributed by atoms with van der Waals surface area (Å²) in [6.45, 7) is 0. The Labute approximate surface area is 117 Å². The molecule has 2 aliphatic rings. The van der Waals surface area contributed by atoms with Gasteiger partial charge in [0, 0.05) is 13.0 Å². The first-order valence-electron chi connectivity index (χ1n) is 6.70. The lowest BCUT2D eigenvalue weighted by Gasteiger charge is -2.38. The molecule has 0 aromatic heterocycles. The second kappa shape index (κ2) is 4.81. The van der Waals surface area contributed by atoms with Gasteiger partial charge in [0.2, 0.25) is 0 Å². The number of methoxy groups -OCH3 is 1. The van der Waals surface area contributed by atoms with Crippen molar-refractivity contribution in [2.24, 2.45) is 5.92 Å². The van der Waals surface area contributed by atoms with E-state index < -0.39 is 6.10 Å². The van der Waals surface area contributed by atoms with Crippen molar-refractivity contribution in [1.82, 2.24) is 4.90 Å². The third-order valence-electron chi connectivity index (χ3n) is 4.20. The van der Waals surface area contributed by atoms with Gasteiger partial charge in [0.25, 0.3) is 5.91 Å². The largest absolute Gasteiger partial charge is 0.497 e. The number of nitrogens with zero attached hydrogens (tertiary/aromatic N) is 1. The molecular weight excluding hydrogens is 258 g/mol. The molecule has 0 aliphatic carbocycles. The van der Waals surface area contributed by atoms with E-state index in [0.717, 1.165) is 17.7 Å². The molecule has 3 atom stereocenters. The van der Waals surface area contributed by atoms with E-state index in [4.69, 9.17) is 9.47 Å². The number of likely N-dealkylation sites (N-methyl/N-ethyl adjacent to an activating group) is 1. The number of rotatable bonds is 2. The summed E-state index contributed by atoms with van der Waals surface area (Å²) < 4.78 is 10.3. The predicted molar refractivity (Wildman–Crippen MR) is 71.1 cm³/mol. The molecule has 2 heterocycles. The van der Waals surface area contributed by atoms with Crippen molar-refractivity contribution in [1.29, 1.82) is 0 Å². The van der Waals surface area contributed by atoms with Crippen molar-refractivity contribution in [3.8, 4) is 5.75 Å². The van der Waals surface area contributed by atoms with Crippen molar-refractivity contribution >= 4 is 11.9 Å². The zero-order valence-electron chi connectivity index (χ0n) is 11.5. The van der Waals surface area contributed by atoms with Crippen LogP contribution in [-0.2, 0) is 14.3 Å². The summed E-state index contributed by atoms with van der Waals surface area (Å²) in [6.07, 6.45) is 0.518. The summed E-state index contributed by atoms with van der Waals surface area (Å²) in [5, 5.41) is 0. The van der Waals surface area contributed by atoms with Gasteiger partial charge in [0.05, 0.1) is 19.6 Å². The van der Waals surface area contributed by atoms with Crippen LogP contribution in [0.25, 0.3) is 0 Å². The molecule has 1 amide bonds. The molecule has 1 aromatic rings. The summed E-state index contributed by atoms with van der Waals surface area (Å²) in [4.78, 5) is 25.3. The lowest BCUT2D eigenvalue weighted by molar-refractivity contribution is -0.157. The number of amides is 1. The number of hydrogen-bond acceptors (Lipinski definition) is 4. The maximum Gasteiger partial charge on any atom is 0.307 e. The molecule has 0 unspecified atom stereocenters. The average Bonchev–Trinajstić information content (AvgIpc) is 2.84. The van der Waals surface area contributed by atoms with E-state index >= 15 is 0 Å². The molecule has 0 spiro atoms. The summed E-state index contributed by atoms with van der Waals surface area (Å²) in [5.74, 6) is 0.416. The van der Waals surface area contributed by atoms with Crippen molar-refractivity contribution in [2.75, 3.05) is 14.2 Å². The number of piperidine rings is 1. The van der Waals surface area contributed by atoms with Gasteiger partial charge >= 0.3 is 5.97 Å². The topological polar surface area (TPSA) is 55.8 Å². The van der Waals surface area contributed by atoms with E-state index in [0.29, 0.717) is 6.42 Å². The number of esters is 1. The minimum Gasteiger partial charge on any atom is -0.497 e. The van der Waals surface area contributed by atoms with Gasteiger partial charge in [-0.05, 0) is 24.1 Å². The molecule has 0 bridgehead atoms. The van der Waals surface area contributed by atoms with Crippen LogP contribution < -0.4 is 4.74 Å². The first-order valence-corrected chi connectivity index (χ1v) is 6.70. The Balaban J connectivity index is 1.85. The highest BCUT2D eigenvalue weighted by atomic mass is 16.6. The molecule has 5 heteroatoms. The zero-order valence-corrected chi connectivity index (χ0v) is 11.5. The Morgan fingerprint density at radius 1 is 1.25 bits per heavy atom. The molecule has 1 aromatic carbocycles. The number of carbonyl (C=O) groups excluding carboxylic acids is 2. The Bertz CT molecular complexity index is 539. The number of fused-ring (bicyclic) bond motifs is 1. The van der Waals surface area contributed by atoms with Gasteiger partial charge < -0.3 is 14.4 Å². The number of benzene rings is 1. The van der Waals surface area contributed by atoms with Crippen LogP contribution in [0.15, 0.2) is 24.3 Å². The van der Waals surface area contributed by atoms with E-state index in [-0.39, 0.29) is 23.8 Å². The van der Waals surface area contributed by atoms with Gasteiger partial charge in [-0.3, -0.25) is 9.59 Å². The summed E-state index contributed by atoms with van der Waals surface area (Å²) in [7, 11) is 3.39. The van der Waals surface area contributed by atoms with Crippen LogP contribution in [0.2, 0.25) is 0 Å². The second-order valence-electron chi connectivity index (χ2n) is 5.35. The van der Waals surface area contributed by atoms with Crippen LogP contribution in [0.5, 0.6) is 5.75 Å². The molecule has 2 aliphatic heterocycles. The highest BCUT2D eigenvalue weighted by molar-refractivity contribution is 5.88. The highest BCUT2D eigenvalue weighted by Gasteiger charge is 2.47. The minimum absolute atomic E-state index is 0.00157. The molecular formula is C15H17NO4. The molecule has 106 valence electrons. The van der Waals surface area contributed by atoms with Crippen LogP contribution >= 0.6 is 0 Å². The molecule has 0 N–H and O–H groups in total. The molecule has 0 saturated carbocycles. The van der Waals surface area contributed by atoms with Crippen LogP contribution in [0, 0.1) is 5.92 Å². The summed E-state index contributed by atoms with van der Waals surface area (Å²) in [6, 6.07) is 7.69. The minimum atomic E-state index is -0.581. The van der Waals surface area contributed by atoms with Crippen LogP contribution in [0.4, 0.5) is 0 Å². The third-order valence-corrected chi connectivity index (χ3v) is 4.20. The zero-order chi connectivity index (χ0) is 14.3. The Morgan fingerprint density at radius 3 is 2.60 bits per heavy atom. The average molecular weight is 275 g/mol. The monoisotopic (exact) mass is 275 g/mol. The fourth-order valence-electron chi connectivity index (χ4n) is 3.05. The Hall–Kier alpha value is -2.04. The van der Waals surface area contributed by atoms with Gasteiger partial charge in [0.15, 0.2) is 6.10 Å². The van der Waals surface area contributed by atoms with Crippen molar-refractivity contribution in [3.63, 3.8) is 0 Å². The summed E-state index contributed by atoms with van der Waals surface area (Å²) >= 11 is 0. The number of likely N-dealkylation sites (tertiary alicyclic amines) is 1. The van der Waals surface area contributed by atoms with Crippen molar-refractivity contribution in [2.45, 2.75) is 25.0 Å². The van der Waals surface area contributed by atoms with E-state index in [1.54, 1.807) is 19.1 Å². The summed E-state index contributed by atoms with van der Waals surface area (Å²) in [5.41, 5.74) is 1.06. The van der Waals surface area contributed by atoms with E-state index in [9.17, 15) is 9.59 Å². The van der Waals surface area contributed by atoms with Crippen LogP contribution in [0.3, 0.4) is 0 Å². The fraction of sp³-hybridized carbons (Fsp3) is 0.467. The maximum absolute atomic E-state index is 12.3. The predicted octanol–water partition coefficient (Wildman–Crippen LogP) is 1.53. The van der Waals surface area contributed by atoms with E-state index in [1.165, 1.54) is 0 Å². The fourth-order valence-corrected chi connectivity index (χ4v) is 3.05.